The molecule has 26 heavy (non-hydrogen) atoms. The molecule has 146 valence electrons. The van der Waals surface area contributed by atoms with E-state index in [1.807, 2.05) is 0 Å². The van der Waals surface area contributed by atoms with Gasteiger partial charge in [-0.25, -0.2) is 0 Å². The minimum Gasteiger partial charge on any atom is -0.508 e. The molecule has 0 aliphatic carbocycles. The van der Waals surface area contributed by atoms with Crippen LogP contribution in [0.2, 0.25) is 0 Å². The summed E-state index contributed by atoms with van der Waals surface area (Å²) < 4.78 is 16.1. The van der Waals surface area contributed by atoms with Crippen molar-refractivity contribution in [1.29, 1.82) is 0 Å². The van der Waals surface area contributed by atoms with Gasteiger partial charge in [0.05, 0.1) is 26.4 Å². The van der Waals surface area contributed by atoms with Crippen molar-refractivity contribution in [3.05, 3.63) is 35.9 Å². The maximum Gasteiger partial charge on any atom is 0.244 e. The van der Waals surface area contributed by atoms with Gasteiger partial charge in [-0.2, -0.15) is 0 Å². The Labute approximate surface area is 155 Å². The molecular formula is C19H30N2O5. The largest absolute Gasteiger partial charge is 0.508 e. The number of phenolic OH excluding ortho intramolecular Hbond substituents is 1. The Morgan fingerprint density at radius 3 is 2.15 bits per heavy atom. The van der Waals surface area contributed by atoms with Crippen molar-refractivity contribution in [3.8, 4) is 5.75 Å². The van der Waals surface area contributed by atoms with Gasteiger partial charge in [-0.1, -0.05) is 12.1 Å². The summed E-state index contributed by atoms with van der Waals surface area (Å²) in [6, 6.07) is 6.63. The minimum absolute atomic E-state index is 0.156. The molecule has 0 atom stereocenters. The first-order valence-corrected chi connectivity index (χ1v) is 8.90. The standard InChI is InChI=1S/C19H30N2O5/c20-9-1-11-24-13-15-26-16-14-25-12-2-10-21-19(23)8-5-17-3-6-18(22)7-4-17/h3-8,22H,1-2,9-16,20H2,(H,21,23). The number of aromatic hydroxyl groups is 1. The lowest BCUT2D eigenvalue weighted by Crippen LogP contribution is -2.23. The van der Waals surface area contributed by atoms with Gasteiger partial charge in [-0.05, 0) is 43.2 Å². The number of carbonyl (C=O) groups excluding carboxylic acids is 1. The van der Waals surface area contributed by atoms with Crippen LogP contribution in [0.15, 0.2) is 30.3 Å². The molecule has 4 N–H and O–H groups in total. The predicted octanol–water partition coefficient (Wildman–Crippen LogP) is 1.31. The number of nitrogens with one attached hydrogen (secondary N) is 1. The zero-order chi connectivity index (χ0) is 18.9. The lowest BCUT2D eigenvalue weighted by Gasteiger charge is -2.07. The van der Waals surface area contributed by atoms with Gasteiger partial charge < -0.3 is 30.4 Å². The zero-order valence-electron chi connectivity index (χ0n) is 15.2. The third-order valence-electron chi connectivity index (χ3n) is 3.32. The number of nitrogens with two attached hydrogens (primary N) is 1. The van der Waals surface area contributed by atoms with Crippen LogP contribution < -0.4 is 11.1 Å². The van der Waals surface area contributed by atoms with Crippen LogP contribution >= 0.6 is 0 Å². The number of hydrogen-bond acceptors (Lipinski definition) is 6. The summed E-state index contributed by atoms with van der Waals surface area (Å²) in [5.74, 6) is 0.0453. The maximum absolute atomic E-state index is 11.7. The molecule has 0 spiro atoms. The molecule has 7 nitrogen and oxygen atoms in total. The van der Waals surface area contributed by atoms with E-state index in [2.05, 4.69) is 5.32 Å². The fraction of sp³-hybridized carbons (Fsp3) is 0.526. The predicted molar refractivity (Wildman–Crippen MR) is 101 cm³/mol. The fourth-order valence-corrected chi connectivity index (χ4v) is 1.93. The van der Waals surface area contributed by atoms with Crippen LogP contribution in [-0.2, 0) is 19.0 Å². The average molecular weight is 366 g/mol. The lowest BCUT2D eigenvalue weighted by atomic mass is 10.2. The van der Waals surface area contributed by atoms with E-state index in [0.29, 0.717) is 52.7 Å². The van der Waals surface area contributed by atoms with Crippen LogP contribution in [0.1, 0.15) is 18.4 Å². The summed E-state index contributed by atoms with van der Waals surface area (Å²) in [6.45, 7) is 4.61. The van der Waals surface area contributed by atoms with Crippen molar-refractivity contribution in [2.75, 3.05) is 52.7 Å². The van der Waals surface area contributed by atoms with E-state index in [4.69, 9.17) is 19.9 Å². The molecular weight excluding hydrogens is 336 g/mol. The van der Waals surface area contributed by atoms with E-state index in [1.165, 1.54) is 6.08 Å². The van der Waals surface area contributed by atoms with Gasteiger partial charge in [0, 0.05) is 25.8 Å². The molecule has 0 saturated carbocycles. The van der Waals surface area contributed by atoms with E-state index in [9.17, 15) is 9.90 Å². The molecule has 0 aromatic heterocycles. The van der Waals surface area contributed by atoms with Crippen molar-refractivity contribution in [2.45, 2.75) is 12.8 Å². The molecule has 1 aromatic carbocycles. The van der Waals surface area contributed by atoms with E-state index in [-0.39, 0.29) is 11.7 Å². The minimum atomic E-state index is -0.156. The summed E-state index contributed by atoms with van der Waals surface area (Å²) in [7, 11) is 0. The van der Waals surface area contributed by atoms with E-state index in [1.54, 1.807) is 30.3 Å². The number of rotatable bonds is 15. The van der Waals surface area contributed by atoms with Crippen molar-refractivity contribution < 1.29 is 24.1 Å². The smallest absolute Gasteiger partial charge is 0.244 e. The molecule has 1 aromatic rings. The van der Waals surface area contributed by atoms with E-state index >= 15 is 0 Å². The van der Waals surface area contributed by atoms with Crippen molar-refractivity contribution >= 4 is 12.0 Å². The van der Waals surface area contributed by atoms with E-state index < -0.39 is 0 Å². The molecule has 0 bridgehead atoms. The van der Waals surface area contributed by atoms with Crippen LogP contribution in [-0.4, -0.2) is 63.7 Å². The summed E-state index contributed by atoms with van der Waals surface area (Å²) in [6.07, 6.45) is 4.77. The van der Waals surface area contributed by atoms with Crippen molar-refractivity contribution in [2.24, 2.45) is 5.73 Å². The van der Waals surface area contributed by atoms with Gasteiger partial charge in [0.15, 0.2) is 0 Å². The number of amides is 1. The monoisotopic (exact) mass is 366 g/mol. The molecule has 1 rings (SSSR count). The number of phenols is 1. The van der Waals surface area contributed by atoms with Crippen LogP contribution in [0.25, 0.3) is 6.08 Å². The number of carbonyl (C=O) groups is 1. The van der Waals surface area contributed by atoms with Gasteiger partial charge in [0.25, 0.3) is 0 Å². The van der Waals surface area contributed by atoms with Crippen LogP contribution in [0.3, 0.4) is 0 Å². The Hall–Kier alpha value is -1.93. The highest BCUT2D eigenvalue weighted by Crippen LogP contribution is 2.10. The van der Waals surface area contributed by atoms with Crippen LogP contribution in [0.5, 0.6) is 5.75 Å². The van der Waals surface area contributed by atoms with Gasteiger partial charge in [-0.3, -0.25) is 4.79 Å². The van der Waals surface area contributed by atoms with Gasteiger partial charge in [0.1, 0.15) is 5.75 Å². The topological polar surface area (TPSA) is 103 Å². The number of benzene rings is 1. The van der Waals surface area contributed by atoms with Gasteiger partial charge >= 0.3 is 0 Å². The Kier molecular flexibility index (Phi) is 13.0. The Bertz CT molecular complexity index is 505. The summed E-state index contributed by atoms with van der Waals surface area (Å²) in [4.78, 5) is 11.7. The van der Waals surface area contributed by atoms with Crippen LogP contribution in [0, 0.1) is 0 Å². The molecule has 0 heterocycles. The highest BCUT2D eigenvalue weighted by Gasteiger charge is 1.96. The van der Waals surface area contributed by atoms with Crippen LogP contribution in [0.4, 0.5) is 0 Å². The van der Waals surface area contributed by atoms with Gasteiger partial charge in [-0.15, -0.1) is 0 Å². The molecule has 0 unspecified atom stereocenters. The molecule has 0 aliphatic heterocycles. The zero-order valence-corrected chi connectivity index (χ0v) is 15.2. The third-order valence-corrected chi connectivity index (χ3v) is 3.32. The normalized spacial score (nSPS) is 11.1. The first-order valence-electron chi connectivity index (χ1n) is 8.90. The fourth-order valence-electron chi connectivity index (χ4n) is 1.93. The number of hydrogen-bond donors (Lipinski definition) is 3. The molecule has 7 heteroatoms. The van der Waals surface area contributed by atoms with Gasteiger partial charge in [0.2, 0.25) is 5.91 Å². The quantitative estimate of drug-likeness (QED) is 0.319. The highest BCUT2D eigenvalue weighted by atomic mass is 16.5. The average Bonchev–Trinajstić information content (AvgIpc) is 2.65. The molecule has 0 fully saturated rings. The SMILES string of the molecule is NCCCOCCOCCOCCCNC(=O)C=Cc1ccc(O)cc1. The summed E-state index contributed by atoms with van der Waals surface area (Å²) in [5.41, 5.74) is 6.21. The second-order valence-electron chi connectivity index (χ2n) is 5.55. The number of ether oxygens (including phenoxy) is 3. The second-order valence-corrected chi connectivity index (χ2v) is 5.55. The second kappa shape index (κ2) is 15.3. The van der Waals surface area contributed by atoms with Crippen molar-refractivity contribution in [1.82, 2.24) is 5.32 Å². The summed E-state index contributed by atoms with van der Waals surface area (Å²) in [5, 5.41) is 12.0. The van der Waals surface area contributed by atoms with E-state index in [0.717, 1.165) is 18.4 Å². The lowest BCUT2D eigenvalue weighted by molar-refractivity contribution is -0.116. The Morgan fingerprint density at radius 2 is 1.54 bits per heavy atom. The Morgan fingerprint density at radius 1 is 0.962 bits per heavy atom. The maximum atomic E-state index is 11.7. The highest BCUT2D eigenvalue weighted by molar-refractivity contribution is 5.91. The first-order chi connectivity index (χ1) is 12.7. The summed E-state index contributed by atoms with van der Waals surface area (Å²) >= 11 is 0. The molecule has 1 amide bonds. The first kappa shape index (κ1) is 22.1. The third kappa shape index (κ3) is 12.4. The van der Waals surface area contributed by atoms with Crippen molar-refractivity contribution in [3.63, 3.8) is 0 Å². The molecule has 0 saturated heterocycles. The molecule has 0 radical (unpaired) electrons. The Balaban J connectivity index is 1.89. The molecule has 0 aliphatic rings.